The van der Waals surface area contributed by atoms with Crippen LogP contribution in [0.2, 0.25) is 0 Å². The van der Waals surface area contributed by atoms with E-state index in [9.17, 15) is 26.7 Å². The van der Waals surface area contributed by atoms with E-state index in [0.717, 1.165) is 12.2 Å². The number of carbonyl (C=O) groups is 1. The highest BCUT2D eigenvalue weighted by Gasteiger charge is 2.50. The second kappa shape index (κ2) is 12.3. The maximum absolute atomic E-state index is 13.9. The van der Waals surface area contributed by atoms with Crippen molar-refractivity contribution in [2.45, 2.75) is 45.0 Å². The summed E-state index contributed by atoms with van der Waals surface area (Å²) in [4.78, 5) is 20.0. The molecular weight excluding hydrogens is 503 g/mol. The molecule has 1 aromatic rings. The minimum Gasteiger partial charge on any atom is -0.376 e. The zero-order valence-electron chi connectivity index (χ0n) is 21.4. The van der Waals surface area contributed by atoms with Crippen molar-refractivity contribution in [3.05, 3.63) is 101 Å². The number of carbonyl (C=O) groups excluding carboxylic acids is 1. The fourth-order valence-corrected chi connectivity index (χ4v) is 4.29. The van der Waals surface area contributed by atoms with Crippen LogP contribution in [0, 0.1) is 5.82 Å². The summed E-state index contributed by atoms with van der Waals surface area (Å²) in [5.41, 5.74) is 1.77. The average molecular weight is 533 g/mol. The molecule has 1 unspecified atom stereocenters. The minimum absolute atomic E-state index is 0.161. The van der Waals surface area contributed by atoms with Crippen molar-refractivity contribution in [1.29, 1.82) is 0 Å². The maximum Gasteiger partial charge on any atom is 0.417 e. The summed E-state index contributed by atoms with van der Waals surface area (Å²) >= 11 is 0. The van der Waals surface area contributed by atoms with Gasteiger partial charge in [0, 0.05) is 0 Å². The quantitative estimate of drug-likeness (QED) is 0.191. The first-order valence-corrected chi connectivity index (χ1v) is 12.1. The Morgan fingerprint density at radius 3 is 2.55 bits per heavy atom. The van der Waals surface area contributed by atoms with Gasteiger partial charge in [0.05, 0.1) is 24.8 Å². The number of ether oxygens (including phenoxy) is 1. The van der Waals surface area contributed by atoms with E-state index in [0.29, 0.717) is 29.0 Å². The molecule has 1 amide bonds. The van der Waals surface area contributed by atoms with Gasteiger partial charge in [-0.15, -0.1) is 5.73 Å². The first kappa shape index (κ1) is 29.0. The van der Waals surface area contributed by atoms with Crippen molar-refractivity contribution in [1.82, 2.24) is 4.90 Å². The molecule has 1 aliphatic heterocycles. The van der Waals surface area contributed by atoms with E-state index in [2.05, 4.69) is 5.73 Å². The molecule has 4 nitrogen and oxygen atoms in total. The van der Waals surface area contributed by atoms with Crippen LogP contribution in [0.5, 0.6) is 0 Å². The van der Waals surface area contributed by atoms with E-state index < -0.39 is 35.9 Å². The largest absolute Gasteiger partial charge is 0.417 e. The third kappa shape index (κ3) is 6.47. The topological polar surface area (TPSA) is 41.9 Å². The number of benzene rings is 1. The second-order valence-electron chi connectivity index (χ2n) is 8.84. The predicted molar refractivity (Wildman–Crippen MR) is 137 cm³/mol. The molecule has 202 valence electrons. The Morgan fingerprint density at radius 2 is 1.92 bits per heavy atom. The number of amides is 1. The van der Waals surface area contributed by atoms with Crippen LogP contribution in [-0.2, 0) is 15.1 Å². The fourth-order valence-electron chi connectivity index (χ4n) is 4.29. The van der Waals surface area contributed by atoms with E-state index in [4.69, 9.17) is 9.73 Å². The van der Waals surface area contributed by atoms with Crippen LogP contribution in [0.4, 0.5) is 22.0 Å². The highest BCUT2D eigenvalue weighted by Crippen LogP contribution is 2.41. The monoisotopic (exact) mass is 532 g/mol. The lowest BCUT2D eigenvalue weighted by Crippen LogP contribution is -2.44. The van der Waals surface area contributed by atoms with E-state index in [1.807, 2.05) is 0 Å². The number of amidine groups is 1. The van der Waals surface area contributed by atoms with Crippen molar-refractivity contribution in [3.63, 3.8) is 0 Å². The number of alkyl halides is 4. The van der Waals surface area contributed by atoms with Crippen LogP contribution >= 0.6 is 0 Å². The number of allylic oxidation sites excluding steroid dienone is 6. The summed E-state index contributed by atoms with van der Waals surface area (Å²) in [6.45, 7) is 4.82. The molecule has 1 aliphatic carbocycles. The standard InChI is InChI=1S/C29H29F5N2O2/c1-4-23(9-6-17-30)28(24-12-14-26(31)15-13-24)27(37)36(21(3)35-28)19-20(2)38-18-16-22-7-5-8-25(11-10-22)29(32,33)34/h4,6-15,20H,16-19H2,1-3H3/b9-6-,23-4+/t20-,28?/m1/s1. The zero-order chi connectivity index (χ0) is 27.9. The van der Waals surface area contributed by atoms with Crippen LogP contribution in [0.25, 0.3) is 0 Å². The van der Waals surface area contributed by atoms with Crippen LogP contribution in [0.1, 0.15) is 32.8 Å². The normalized spacial score (nSPS) is 21.1. The molecule has 0 saturated heterocycles. The number of rotatable bonds is 10. The van der Waals surface area contributed by atoms with Gasteiger partial charge in [-0.3, -0.25) is 9.69 Å². The summed E-state index contributed by atoms with van der Waals surface area (Å²) in [5, 5.41) is 0. The van der Waals surface area contributed by atoms with Crippen molar-refractivity contribution in [2.75, 3.05) is 19.8 Å². The van der Waals surface area contributed by atoms with Gasteiger partial charge in [0.1, 0.15) is 18.3 Å². The molecule has 9 heteroatoms. The van der Waals surface area contributed by atoms with Gasteiger partial charge in [-0.2, -0.15) is 13.2 Å². The van der Waals surface area contributed by atoms with Crippen LogP contribution in [0.15, 0.2) is 94.2 Å². The van der Waals surface area contributed by atoms with Gasteiger partial charge in [-0.05, 0) is 74.3 Å². The summed E-state index contributed by atoms with van der Waals surface area (Å²) < 4.78 is 71.1. The summed E-state index contributed by atoms with van der Waals surface area (Å²) in [7, 11) is 0. The lowest BCUT2D eigenvalue weighted by atomic mass is 9.81. The second-order valence-corrected chi connectivity index (χ2v) is 8.84. The molecule has 3 rings (SSSR count). The van der Waals surface area contributed by atoms with Crippen LogP contribution < -0.4 is 0 Å². The van der Waals surface area contributed by atoms with Gasteiger partial charge < -0.3 is 4.74 Å². The highest BCUT2D eigenvalue weighted by atomic mass is 19.4. The van der Waals surface area contributed by atoms with Crippen molar-refractivity contribution in [3.8, 4) is 0 Å². The van der Waals surface area contributed by atoms with Crippen molar-refractivity contribution < 1.29 is 31.5 Å². The summed E-state index contributed by atoms with van der Waals surface area (Å²) in [5.74, 6) is -0.417. The Hall–Kier alpha value is -3.55. The summed E-state index contributed by atoms with van der Waals surface area (Å²) in [6.07, 6.45) is 4.69. The molecule has 0 spiro atoms. The van der Waals surface area contributed by atoms with Gasteiger partial charge in [-0.25, -0.2) is 13.8 Å². The van der Waals surface area contributed by atoms with Crippen LogP contribution in [-0.4, -0.2) is 48.7 Å². The maximum atomic E-state index is 13.9. The number of nitrogens with zero attached hydrogens (tertiary/aromatic N) is 2. The number of hydrogen-bond acceptors (Lipinski definition) is 3. The Morgan fingerprint density at radius 1 is 1.21 bits per heavy atom. The van der Waals surface area contributed by atoms with Gasteiger partial charge in [0.2, 0.25) is 0 Å². The van der Waals surface area contributed by atoms with Crippen LogP contribution in [0.3, 0.4) is 0 Å². The van der Waals surface area contributed by atoms with E-state index in [-0.39, 0.29) is 19.1 Å². The number of hydrogen-bond donors (Lipinski definition) is 0. The average Bonchev–Trinajstić information content (AvgIpc) is 3.02. The number of halogens is 5. The Kier molecular flexibility index (Phi) is 9.41. The van der Waals surface area contributed by atoms with Crippen molar-refractivity contribution in [2.24, 2.45) is 4.99 Å². The van der Waals surface area contributed by atoms with E-state index >= 15 is 0 Å². The van der Waals surface area contributed by atoms with Crippen molar-refractivity contribution >= 4 is 11.7 Å². The fraction of sp³-hybridized carbons (Fsp3) is 0.345. The Bertz CT molecular complexity index is 1250. The van der Waals surface area contributed by atoms with Gasteiger partial charge in [0.15, 0.2) is 5.54 Å². The number of aliphatic imine (C=N–C) groups is 1. The lowest BCUT2D eigenvalue weighted by molar-refractivity contribution is -0.131. The van der Waals surface area contributed by atoms with Gasteiger partial charge in [-0.1, -0.05) is 36.4 Å². The molecule has 0 aromatic heterocycles. The molecule has 0 radical (unpaired) electrons. The highest BCUT2D eigenvalue weighted by molar-refractivity contribution is 6.10. The SMILES string of the molecule is C/C=C(\C=C/CF)C1(c2ccc(F)cc2)N=C(C)N(C[C@@H](C)OCCC2=CC=C(C(F)(F)F)C=C=C2)C1=O. The Balaban J connectivity index is 1.74. The molecule has 1 heterocycles. The van der Waals surface area contributed by atoms with E-state index in [1.165, 1.54) is 53.5 Å². The zero-order valence-corrected chi connectivity index (χ0v) is 21.4. The molecule has 2 atom stereocenters. The lowest BCUT2D eigenvalue weighted by Gasteiger charge is -2.29. The molecule has 0 saturated carbocycles. The van der Waals surface area contributed by atoms with E-state index in [1.54, 1.807) is 26.8 Å². The first-order valence-electron chi connectivity index (χ1n) is 12.1. The third-order valence-corrected chi connectivity index (χ3v) is 6.20. The Labute approximate surface area is 218 Å². The smallest absolute Gasteiger partial charge is 0.376 e. The minimum atomic E-state index is -4.45. The molecule has 38 heavy (non-hydrogen) atoms. The first-order chi connectivity index (χ1) is 18.0. The molecule has 0 N–H and O–H groups in total. The molecular formula is C29H29F5N2O2. The molecule has 2 aliphatic rings. The predicted octanol–water partition coefficient (Wildman–Crippen LogP) is 6.69. The third-order valence-electron chi connectivity index (χ3n) is 6.20. The van der Waals surface area contributed by atoms with Gasteiger partial charge >= 0.3 is 6.18 Å². The van der Waals surface area contributed by atoms with Gasteiger partial charge in [0.25, 0.3) is 5.91 Å². The summed E-state index contributed by atoms with van der Waals surface area (Å²) in [6, 6.07) is 5.46. The molecule has 1 aromatic carbocycles. The molecule has 0 bridgehead atoms. The molecule has 0 fully saturated rings.